The largest absolute Gasteiger partial charge is 0.352 e. The van der Waals surface area contributed by atoms with Crippen LogP contribution in [0.3, 0.4) is 0 Å². The van der Waals surface area contributed by atoms with Crippen molar-refractivity contribution in [2.45, 2.75) is 26.8 Å². The number of hydrogen-bond acceptors (Lipinski definition) is 3. The van der Waals surface area contributed by atoms with Crippen molar-refractivity contribution in [1.82, 2.24) is 5.32 Å². The molecule has 3 amide bonds. The summed E-state index contributed by atoms with van der Waals surface area (Å²) < 4.78 is 0. The Bertz CT molecular complexity index is 770. The molecule has 0 fully saturated rings. The smallest absolute Gasteiger partial charge is 0.233 e. The highest BCUT2D eigenvalue weighted by molar-refractivity contribution is 6.03. The van der Waals surface area contributed by atoms with Gasteiger partial charge in [-0.3, -0.25) is 14.4 Å². The molecule has 2 aromatic carbocycles. The maximum atomic E-state index is 11.9. The van der Waals surface area contributed by atoms with E-state index in [2.05, 4.69) is 16.0 Å². The first-order chi connectivity index (χ1) is 11.9. The zero-order valence-corrected chi connectivity index (χ0v) is 14.3. The number of carbonyl (C=O) groups is 3. The van der Waals surface area contributed by atoms with Gasteiger partial charge in [0.05, 0.1) is 0 Å². The highest BCUT2D eigenvalue weighted by Crippen LogP contribution is 2.13. The van der Waals surface area contributed by atoms with Crippen LogP contribution in [0.25, 0.3) is 0 Å². The topological polar surface area (TPSA) is 87.3 Å². The Morgan fingerprint density at radius 1 is 0.840 bits per heavy atom. The van der Waals surface area contributed by atoms with Gasteiger partial charge in [0.2, 0.25) is 17.7 Å². The number of amides is 3. The van der Waals surface area contributed by atoms with Crippen LogP contribution < -0.4 is 16.0 Å². The van der Waals surface area contributed by atoms with Crippen molar-refractivity contribution < 1.29 is 14.4 Å². The molecule has 0 unspecified atom stereocenters. The average molecular weight is 339 g/mol. The van der Waals surface area contributed by atoms with Crippen LogP contribution in [0, 0.1) is 6.92 Å². The first-order valence-corrected chi connectivity index (χ1v) is 7.93. The second-order valence-corrected chi connectivity index (χ2v) is 5.69. The molecular formula is C19H21N3O3. The maximum absolute atomic E-state index is 11.9. The summed E-state index contributed by atoms with van der Waals surface area (Å²) in [5.41, 5.74) is 3.31. The third-order valence-electron chi connectivity index (χ3n) is 3.55. The van der Waals surface area contributed by atoms with E-state index in [1.165, 1.54) is 6.92 Å². The Morgan fingerprint density at radius 3 is 2.04 bits per heavy atom. The fourth-order valence-corrected chi connectivity index (χ4v) is 2.26. The van der Waals surface area contributed by atoms with E-state index in [0.717, 1.165) is 11.1 Å². The molecule has 0 aliphatic carbocycles. The number of hydrogen-bond donors (Lipinski definition) is 3. The van der Waals surface area contributed by atoms with Gasteiger partial charge in [0.25, 0.3) is 0 Å². The molecule has 0 spiro atoms. The fraction of sp³-hybridized carbons (Fsp3) is 0.211. The summed E-state index contributed by atoms with van der Waals surface area (Å²) in [4.78, 5) is 34.8. The summed E-state index contributed by atoms with van der Waals surface area (Å²) in [6.45, 7) is 3.79. The summed E-state index contributed by atoms with van der Waals surface area (Å²) in [6.07, 6.45) is -0.251. The molecule has 0 bridgehead atoms. The molecule has 6 nitrogen and oxygen atoms in total. The van der Waals surface area contributed by atoms with Crippen LogP contribution in [0.4, 0.5) is 11.4 Å². The average Bonchev–Trinajstić information content (AvgIpc) is 2.55. The SMILES string of the molecule is CC(=O)Nc1ccc(NC(=O)CC(=O)NCc2ccccc2C)cc1. The Balaban J connectivity index is 1.80. The fourth-order valence-electron chi connectivity index (χ4n) is 2.26. The van der Waals surface area contributed by atoms with Crippen molar-refractivity contribution in [1.29, 1.82) is 0 Å². The van der Waals surface area contributed by atoms with E-state index in [1.807, 2.05) is 31.2 Å². The number of aryl methyl sites for hydroxylation is 1. The first-order valence-electron chi connectivity index (χ1n) is 7.93. The van der Waals surface area contributed by atoms with Crippen LogP contribution >= 0.6 is 0 Å². The van der Waals surface area contributed by atoms with Gasteiger partial charge in [0.15, 0.2) is 0 Å². The van der Waals surface area contributed by atoms with Crippen LogP contribution in [0.1, 0.15) is 24.5 Å². The zero-order valence-electron chi connectivity index (χ0n) is 14.3. The Labute approximate surface area is 146 Å². The lowest BCUT2D eigenvalue weighted by molar-refractivity contribution is -0.127. The minimum atomic E-state index is -0.394. The molecule has 0 aliphatic rings. The van der Waals surface area contributed by atoms with Crippen molar-refractivity contribution in [3.63, 3.8) is 0 Å². The zero-order chi connectivity index (χ0) is 18.2. The van der Waals surface area contributed by atoms with E-state index in [4.69, 9.17) is 0 Å². The molecule has 0 saturated carbocycles. The van der Waals surface area contributed by atoms with Crippen molar-refractivity contribution in [2.24, 2.45) is 0 Å². The predicted molar refractivity (Wildman–Crippen MR) is 97.0 cm³/mol. The van der Waals surface area contributed by atoms with Crippen LogP contribution in [0.5, 0.6) is 0 Å². The second-order valence-electron chi connectivity index (χ2n) is 5.69. The molecule has 2 rings (SSSR count). The highest BCUT2D eigenvalue weighted by atomic mass is 16.2. The van der Waals surface area contributed by atoms with E-state index in [0.29, 0.717) is 17.9 Å². The highest BCUT2D eigenvalue weighted by Gasteiger charge is 2.10. The quantitative estimate of drug-likeness (QED) is 0.707. The van der Waals surface area contributed by atoms with Gasteiger partial charge < -0.3 is 16.0 Å². The number of nitrogens with one attached hydrogen (secondary N) is 3. The molecule has 130 valence electrons. The first kappa shape index (κ1) is 18.2. The van der Waals surface area contributed by atoms with Crippen LogP contribution in [0.2, 0.25) is 0 Å². The number of rotatable bonds is 6. The van der Waals surface area contributed by atoms with Gasteiger partial charge >= 0.3 is 0 Å². The summed E-state index contributed by atoms with van der Waals surface area (Å²) in [6, 6.07) is 14.4. The van der Waals surface area contributed by atoms with Gasteiger partial charge in [0.1, 0.15) is 6.42 Å². The second kappa shape index (κ2) is 8.63. The minimum Gasteiger partial charge on any atom is -0.352 e. The molecule has 0 heterocycles. The molecule has 6 heteroatoms. The molecule has 0 aliphatic heterocycles. The van der Waals surface area contributed by atoms with Gasteiger partial charge in [-0.05, 0) is 42.3 Å². The maximum Gasteiger partial charge on any atom is 0.233 e. The number of carbonyl (C=O) groups excluding carboxylic acids is 3. The monoisotopic (exact) mass is 339 g/mol. The van der Waals surface area contributed by atoms with Gasteiger partial charge in [-0.2, -0.15) is 0 Å². The number of anilines is 2. The van der Waals surface area contributed by atoms with Gasteiger partial charge in [-0.15, -0.1) is 0 Å². The van der Waals surface area contributed by atoms with Crippen molar-refractivity contribution in [3.05, 3.63) is 59.7 Å². The molecular weight excluding hydrogens is 318 g/mol. The third-order valence-corrected chi connectivity index (χ3v) is 3.55. The lowest BCUT2D eigenvalue weighted by Gasteiger charge is -2.09. The van der Waals surface area contributed by atoms with Gasteiger partial charge in [-0.25, -0.2) is 0 Å². The van der Waals surface area contributed by atoms with Crippen molar-refractivity contribution in [3.8, 4) is 0 Å². The molecule has 3 N–H and O–H groups in total. The Kier molecular flexibility index (Phi) is 6.28. The van der Waals surface area contributed by atoms with Crippen LogP contribution in [-0.2, 0) is 20.9 Å². The van der Waals surface area contributed by atoms with Crippen molar-refractivity contribution >= 4 is 29.1 Å². The van der Waals surface area contributed by atoms with E-state index in [9.17, 15) is 14.4 Å². The Hall–Kier alpha value is -3.15. The lowest BCUT2D eigenvalue weighted by Crippen LogP contribution is -2.28. The van der Waals surface area contributed by atoms with Crippen LogP contribution in [0.15, 0.2) is 48.5 Å². The summed E-state index contributed by atoms with van der Waals surface area (Å²) in [5.74, 6) is -0.896. The summed E-state index contributed by atoms with van der Waals surface area (Å²) in [5, 5.41) is 8.03. The third kappa shape index (κ3) is 6.10. The summed E-state index contributed by atoms with van der Waals surface area (Å²) >= 11 is 0. The van der Waals surface area contributed by atoms with Gasteiger partial charge in [-0.1, -0.05) is 24.3 Å². The lowest BCUT2D eigenvalue weighted by atomic mass is 10.1. The van der Waals surface area contributed by atoms with Crippen molar-refractivity contribution in [2.75, 3.05) is 10.6 Å². The molecule has 0 radical (unpaired) electrons. The van der Waals surface area contributed by atoms with E-state index >= 15 is 0 Å². The minimum absolute atomic E-state index is 0.165. The summed E-state index contributed by atoms with van der Waals surface area (Å²) in [7, 11) is 0. The molecule has 2 aromatic rings. The van der Waals surface area contributed by atoms with E-state index in [-0.39, 0.29) is 18.2 Å². The molecule has 0 atom stereocenters. The molecule has 0 aromatic heterocycles. The van der Waals surface area contributed by atoms with E-state index in [1.54, 1.807) is 24.3 Å². The van der Waals surface area contributed by atoms with Crippen LogP contribution in [-0.4, -0.2) is 17.7 Å². The predicted octanol–water partition coefficient (Wildman–Crippen LogP) is 2.60. The molecule has 0 saturated heterocycles. The molecule has 25 heavy (non-hydrogen) atoms. The normalized spacial score (nSPS) is 10.0. The standard InChI is InChI=1S/C19H21N3O3/c1-13-5-3-4-6-15(13)12-20-18(24)11-19(25)22-17-9-7-16(8-10-17)21-14(2)23/h3-10H,11-12H2,1-2H3,(H,20,24)(H,21,23)(H,22,25). The number of benzene rings is 2. The van der Waals surface area contributed by atoms with Gasteiger partial charge in [0, 0.05) is 24.8 Å². The van der Waals surface area contributed by atoms with E-state index < -0.39 is 5.91 Å². The Morgan fingerprint density at radius 2 is 1.44 bits per heavy atom.